The lowest BCUT2D eigenvalue weighted by molar-refractivity contribution is 0.598. The summed E-state index contributed by atoms with van der Waals surface area (Å²) in [6, 6.07) is 3.89. The number of hydrogen-bond acceptors (Lipinski definition) is 2. The van der Waals surface area contributed by atoms with E-state index in [0.29, 0.717) is 24.4 Å². The van der Waals surface area contributed by atoms with Gasteiger partial charge in [-0.2, -0.15) is 0 Å². The fourth-order valence-corrected chi connectivity index (χ4v) is 6.86. The van der Waals surface area contributed by atoms with Gasteiger partial charge >= 0.3 is 0 Å². The highest BCUT2D eigenvalue weighted by Crippen LogP contribution is 2.28. The third-order valence-electron chi connectivity index (χ3n) is 2.06. The standard InChI is InChI=1S/C10H11ClI3NO2S/c11-3-1-2-4-18(16,17)15-10-8(13)5-7(12)6-9(10)14/h5-6,15H,1-4H2. The third-order valence-corrected chi connectivity index (χ3v) is 5.99. The molecule has 1 aromatic carbocycles. The Hall–Kier alpha value is 1.45. The molecule has 0 aliphatic rings. The summed E-state index contributed by atoms with van der Waals surface area (Å²) in [7, 11) is -3.29. The molecule has 0 bridgehead atoms. The SMILES string of the molecule is O=S(=O)(CCCCCl)Nc1c(I)cc(I)cc1I. The molecular weight excluding hydrogens is 614 g/mol. The van der Waals surface area contributed by atoms with Crippen LogP contribution in [0, 0.1) is 10.7 Å². The summed E-state index contributed by atoms with van der Waals surface area (Å²) in [5.41, 5.74) is 0.669. The maximum Gasteiger partial charge on any atom is 0.232 e. The van der Waals surface area contributed by atoms with E-state index in [0.717, 1.165) is 10.7 Å². The Morgan fingerprint density at radius 1 is 1.11 bits per heavy atom. The highest BCUT2D eigenvalue weighted by Gasteiger charge is 2.15. The topological polar surface area (TPSA) is 46.2 Å². The Kier molecular flexibility index (Phi) is 7.81. The van der Waals surface area contributed by atoms with Gasteiger partial charge in [0.2, 0.25) is 10.0 Å². The minimum atomic E-state index is -3.29. The van der Waals surface area contributed by atoms with Crippen molar-refractivity contribution in [2.45, 2.75) is 12.8 Å². The number of anilines is 1. The van der Waals surface area contributed by atoms with Crippen LogP contribution in [0.15, 0.2) is 12.1 Å². The third kappa shape index (κ3) is 5.83. The van der Waals surface area contributed by atoms with Gasteiger partial charge in [-0.3, -0.25) is 4.72 Å². The molecule has 102 valence electrons. The Balaban J connectivity index is 2.84. The highest BCUT2D eigenvalue weighted by molar-refractivity contribution is 14.1. The maximum absolute atomic E-state index is 11.9. The molecule has 8 heteroatoms. The summed E-state index contributed by atoms with van der Waals surface area (Å²) in [4.78, 5) is 0. The number of benzene rings is 1. The molecule has 3 nitrogen and oxygen atoms in total. The smallest absolute Gasteiger partial charge is 0.232 e. The largest absolute Gasteiger partial charge is 0.281 e. The second-order valence-corrected chi connectivity index (χ2v) is 9.35. The van der Waals surface area contributed by atoms with Crippen molar-refractivity contribution in [1.29, 1.82) is 0 Å². The molecule has 1 aromatic rings. The Bertz CT molecular complexity index is 499. The molecule has 0 unspecified atom stereocenters. The fourth-order valence-electron chi connectivity index (χ4n) is 1.23. The number of halogens is 4. The van der Waals surface area contributed by atoms with Crippen LogP contribution < -0.4 is 4.72 Å². The van der Waals surface area contributed by atoms with E-state index in [1.165, 1.54) is 0 Å². The molecule has 1 rings (SSSR count). The first kappa shape index (κ1) is 17.5. The van der Waals surface area contributed by atoms with Crippen molar-refractivity contribution in [2.24, 2.45) is 0 Å². The van der Waals surface area contributed by atoms with Crippen LogP contribution in [0.2, 0.25) is 0 Å². The zero-order valence-corrected chi connectivity index (χ0v) is 17.3. The summed E-state index contributed by atoms with van der Waals surface area (Å²) >= 11 is 12.0. The van der Waals surface area contributed by atoms with Gasteiger partial charge in [-0.15, -0.1) is 11.6 Å². The second kappa shape index (κ2) is 8.03. The molecule has 1 N–H and O–H groups in total. The summed E-state index contributed by atoms with van der Waals surface area (Å²) in [6.07, 6.45) is 1.29. The van der Waals surface area contributed by atoms with Gasteiger partial charge in [-0.25, -0.2) is 8.42 Å². The Morgan fingerprint density at radius 3 is 2.17 bits per heavy atom. The van der Waals surface area contributed by atoms with Crippen molar-refractivity contribution < 1.29 is 8.42 Å². The second-order valence-electron chi connectivity index (χ2n) is 3.56. The minimum absolute atomic E-state index is 0.109. The number of rotatable bonds is 6. The lowest BCUT2D eigenvalue weighted by Gasteiger charge is -2.12. The van der Waals surface area contributed by atoms with E-state index in [1.807, 2.05) is 12.1 Å². The van der Waals surface area contributed by atoms with E-state index in [9.17, 15) is 8.42 Å². The molecule has 0 aliphatic heterocycles. The zero-order valence-electron chi connectivity index (χ0n) is 9.22. The van der Waals surface area contributed by atoms with Gasteiger partial charge in [0.25, 0.3) is 0 Å². The maximum atomic E-state index is 11.9. The summed E-state index contributed by atoms with van der Waals surface area (Å²) in [5, 5.41) is 0. The number of alkyl halides is 1. The molecule has 0 heterocycles. The highest BCUT2D eigenvalue weighted by atomic mass is 127. The number of nitrogens with one attached hydrogen (secondary N) is 1. The van der Waals surface area contributed by atoms with Gasteiger partial charge in [-0.1, -0.05) is 0 Å². The molecule has 0 aliphatic carbocycles. The van der Waals surface area contributed by atoms with Gasteiger partial charge in [-0.05, 0) is 92.7 Å². The van der Waals surface area contributed by atoms with Crippen LogP contribution in [0.25, 0.3) is 0 Å². The van der Waals surface area contributed by atoms with E-state index in [2.05, 4.69) is 72.5 Å². The average molecular weight is 625 g/mol. The molecule has 0 aromatic heterocycles. The predicted molar refractivity (Wildman–Crippen MR) is 102 cm³/mol. The summed E-state index contributed by atoms with van der Waals surface area (Å²) in [5.74, 6) is 0.603. The lowest BCUT2D eigenvalue weighted by atomic mass is 10.3. The van der Waals surface area contributed by atoms with Crippen molar-refractivity contribution in [2.75, 3.05) is 16.4 Å². The van der Waals surface area contributed by atoms with Crippen molar-refractivity contribution in [3.63, 3.8) is 0 Å². The van der Waals surface area contributed by atoms with Crippen LogP contribution in [0.4, 0.5) is 5.69 Å². The van der Waals surface area contributed by atoms with Gasteiger partial charge in [0.05, 0.1) is 11.4 Å². The normalized spacial score (nSPS) is 11.6. The predicted octanol–water partition coefficient (Wildman–Crippen LogP) is 4.26. The van der Waals surface area contributed by atoms with Crippen molar-refractivity contribution in [3.05, 3.63) is 22.8 Å². The Labute approximate surface area is 153 Å². The molecule has 0 amide bonds. The first-order chi connectivity index (χ1) is 8.35. The van der Waals surface area contributed by atoms with E-state index in [4.69, 9.17) is 11.6 Å². The quantitative estimate of drug-likeness (QED) is 0.292. The fraction of sp³-hybridized carbons (Fsp3) is 0.400. The summed E-state index contributed by atoms with van der Waals surface area (Å²) in [6.45, 7) is 0. The van der Waals surface area contributed by atoms with Crippen molar-refractivity contribution in [3.8, 4) is 0 Å². The number of unbranched alkanes of at least 4 members (excludes halogenated alkanes) is 1. The van der Waals surface area contributed by atoms with Crippen molar-refractivity contribution in [1.82, 2.24) is 0 Å². The van der Waals surface area contributed by atoms with E-state index >= 15 is 0 Å². The van der Waals surface area contributed by atoms with E-state index < -0.39 is 10.0 Å². The van der Waals surface area contributed by atoms with Crippen LogP contribution >= 0.6 is 79.4 Å². The first-order valence-corrected chi connectivity index (χ1v) is 10.5. The van der Waals surface area contributed by atoms with E-state index in [1.54, 1.807) is 0 Å². The average Bonchev–Trinajstić information content (AvgIpc) is 2.23. The molecular formula is C10H11ClI3NO2S. The monoisotopic (exact) mass is 625 g/mol. The molecule has 0 spiro atoms. The summed E-state index contributed by atoms with van der Waals surface area (Å²) < 4.78 is 29.4. The van der Waals surface area contributed by atoms with Crippen LogP contribution in [0.3, 0.4) is 0 Å². The number of hydrogen-bond donors (Lipinski definition) is 1. The van der Waals surface area contributed by atoms with Gasteiger partial charge < -0.3 is 0 Å². The number of sulfonamides is 1. The van der Waals surface area contributed by atoms with Crippen LogP contribution in [0.5, 0.6) is 0 Å². The minimum Gasteiger partial charge on any atom is -0.281 e. The molecule has 0 radical (unpaired) electrons. The molecule has 0 fully saturated rings. The lowest BCUT2D eigenvalue weighted by Crippen LogP contribution is -2.18. The first-order valence-electron chi connectivity index (χ1n) is 5.07. The van der Waals surface area contributed by atoms with Gasteiger partial charge in [0.1, 0.15) is 0 Å². The van der Waals surface area contributed by atoms with Crippen LogP contribution in [-0.4, -0.2) is 20.1 Å². The Morgan fingerprint density at radius 2 is 1.67 bits per heavy atom. The van der Waals surface area contributed by atoms with Gasteiger partial charge in [0, 0.05) is 16.6 Å². The van der Waals surface area contributed by atoms with Crippen molar-refractivity contribution >= 4 is 95.1 Å². The zero-order chi connectivity index (χ0) is 13.8. The molecule has 0 saturated carbocycles. The van der Waals surface area contributed by atoms with Gasteiger partial charge in [0.15, 0.2) is 0 Å². The van der Waals surface area contributed by atoms with Crippen LogP contribution in [0.1, 0.15) is 12.8 Å². The molecule has 0 saturated heterocycles. The van der Waals surface area contributed by atoms with Crippen LogP contribution in [-0.2, 0) is 10.0 Å². The molecule has 0 atom stereocenters. The van der Waals surface area contributed by atoms with E-state index in [-0.39, 0.29) is 5.75 Å². The molecule has 18 heavy (non-hydrogen) atoms.